The summed E-state index contributed by atoms with van der Waals surface area (Å²) < 4.78 is 5.30. The summed E-state index contributed by atoms with van der Waals surface area (Å²) in [5.74, 6) is 1.17. The van der Waals surface area contributed by atoms with E-state index in [0.717, 1.165) is 18.8 Å². The number of nitriles is 1. The fraction of sp³-hybridized carbons (Fsp3) is 0.909. The van der Waals surface area contributed by atoms with E-state index in [9.17, 15) is 0 Å². The van der Waals surface area contributed by atoms with Crippen LogP contribution in [0.15, 0.2) is 0 Å². The lowest BCUT2D eigenvalue weighted by Gasteiger charge is -2.28. The summed E-state index contributed by atoms with van der Waals surface area (Å²) in [6.07, 6.45) is 4.27. The van der Waals surface area contributed by atoms with Gasteiger partial charge in [-0.3, -0.25) is 0 Å². The molecule has 0 aliphatic heterocycles. The lowest BCUT2D eigenvalue weighted by atomic mass is 9.80. The van der Waals surface area contributed by atoms with Crippen molar-refractivity contribution in [1.29, 1.82) is 5.26 Å². The molecule has 1 aliphatic rings. The Morgan fingerprint density at radius 1 is 1.43 bits per heavy atom. The first kappa shape index (κ1) is 11.5. The standard InChI is InChI=1S/C11H19NO2/c1-9-2-4-10(5-3-9)11(8-12)14-7-6-13/h9-11,13H,2-7H2,1H3. The number of rotatable bonds is 4. The summed E-state index contributed by atoms with van der Waals surface area (Å²) >= 11 is 0. The van der Waals surface area contributed by atoms with Crippen LogP contribution in [0.4, 0.5) is 0 Å². The predicted octanol–water partition coefficient (Wildman–Crippen LogP) is 1.71. The van der Waals surface area contributed by atoms with Crippen LogP contribution in [0.25, 0.3) is 0 Å². The zero-order chi connectivity index (χ0) is 10.4. The van der Waals surface area contributed by atoms with Gasteiger partial charge < -0.3 is 9.84 Å². The van der Waals surface area contributed by atoms with Gasteiger partial charge in [-0.25, -0.2) is 0 Å². The molecule has 0 saturated heterocycles. The Bertz CT molecular complexity index is 192. The van der Waals surface area contributed by atoms with E-state index in [1.807, 2.05) is 0 Å². The van der Waals surface area contributed by atoms with E-state index >= 15 is 0 Å². The zero-order valence-corrected chi connectivity index (χ0v) is 8.78. The van der Waals surface area contributed by atoms with E-state index in [4.69, 9.17) is 15.1 Å². The van der Waals surface area contributed by atoms with Gasteiger partial charge in [-0.05, 0) is 24.7 Å². The lowest BCUT2D eigenvalue weighted by Crippen LogP contribution is -2.27. The van der Waals surface area contributed by atoms with Crippen molar-refractivity contribution in [3.63, 3.8) is 0 Å². The molecule has 0 bridgehead atoms. The Morgan fingerprint density at radius 2 is 2.07 bits per heavy atom. The molecular weight excluding hydrogens is 178 g/mol. The van der Waals surface area contributed by atoms with Crippen LogP contribution in [0.3, 0.4) is 0 Å². The van der Waals surface area contributed by atoms with Crippen LogP contribution in [0.5, 0.6) is 0 Å². The fourth-order valence-electron chi connectivity index (χ4n) is 2.05. The first-order valence-electron chi connectivity index (χ1n) is 5.40. The van der Waals surface area contributed by atoms with E-state index in [-0.39, 0.29) is 19.3 Å². The predicted molar refractivity (Wildman–Crippen MR) is 53.6 cm³/mol. The highest BCUT2D eigenvalue weighted by Gasteiger charge is 2.26. The first-order valence-corrected chi connectivity index (χ1v) is 5.40. The molecule has 3 heteroatoms. The second kappa shape index (κ2) is 6.00. The van der Waals surface area contributed by atoms with Crippen molar-refractivity contribution in [3.05, 3.63) is 0 Å². The highest BCUT2D eigenvalue weighted by Crippen LogP contribution is 2.31. The summed E-state index contributed by atoms with van der Waals surface area (Å²) in [6.45, 7) is 2.54. The van der Waals surface area contributed by atoms with Gasteiger partial charge in [0.05, 0.1) is 19.3 Å². The Labute approximate surface area is 85.7 Å². The van der Waals surface area contributed by atoms with Crippen molar-refractivity contribution in [2.24, 2.45) is 11.8 Å². The molecule has 80 valence electrons. The van der Waals surface area contributed by atoms with Crippen LogP contribution < -0.4 is 0 Å². The van der Waals surface area contributed by atoms with Crippen molar-refractivity contribution in [3.8, 4) is 6.07 Å². The second-order valence-electron chi connectivity index (χ2n) is 4.16. The second-order valence-corrected chi connectivity index (χ2v) is 4.16. The van der Waals surface area contributed by atoms with Gasteiger partial charge in [0.15, 0.2) is 0 Å². The lowest BCUT2D eigenvalue weighted by molar-refractivity contribution is 0.0133. The molecule has 0 heterocycles. The van der Waals surface area contributed by atoms with Crippen LogP contribution >= 0.6 is 0 Å². The minimum absolute atomic E-state index is 0.00129. The Kier molecular flexibility index (Phi) is 4.92. The Hall–Kier alpha value is -0.590. The van der Waals surface area contributed by atoms with Crippen molar-refractivity contribution < 1.29 is 9.84 Å². The molecule has 14 heavy (non-hydrogen) atoms. The van der Waals surface area contributed by atoms with Crippen LogP contribution in [0.2, 0.25) is 0 Å². The van der Waals surface area contributed by atoms with Gasteiger partial charge in [-0.2, -0.15) is 5.26 Å². The largest absolute Gasteiger partial charge is 0.394 e. The molecule has 0 aromatic heterocycles. The molecular formula is C11H19NO2. The van der Waals surface area contributed by atoms with Gasteiger partial charge in [0.2, 0.25) is 0 Å². The topological polar surface area (TPSA) is 53.2 Å². The summed E-state index contributed by atoms with van der Waals surface area (Å²) in [4.78, 5) is 0. The molecule has 0 aromatic carbocycles. The summed E-state index contributed by atoms with van der Waals surface area (Å²) in [5, 5.41) is 17.5. The van der Waals surface area contributed by atoms with Gasteiger partial charge in [0, 0.05) is 0 Å². The quantitative estimate of drug-likeness (QED) is 0.746. The zero-order valence-electron chi connectivity index (χ0n) is 8.78. The minimum atomic E-state index is -0.311. The highest BCUT2D eigenvalue weighted by molar-refractivity contribution is 4.91. The van der Waals surface area contributed by atoms with Crippen LogP contribution in [0, 0.1) is 23.2 Å². The molecule has 0 amide bonds. The molecule has 1 N–H and O–H groups in total. The van der Waals surface area contributed by atoms with E-state index in [2.05, 4.69) is 13.0 Å². The third kappa shape index (κ3) is 3.28. The van der Waals surface area contributed by atoms with E-state index in [1.165, 1.54) is 12.8 Å². The maximum atomic E-state index is 8.91. The Morgan fingerprint density at radius 3 is 2.57 bits per heavy atom. The van der Waals surface area contributed by atoms with Gasteiger partial charge >= 0.3 is 0 Å². The molecule has 1 fully saturated rings. The molecule has 0 radical (unpaired) electrons. The monoisotopic (exact) mass is 197 g/mol. The maximum Gasteiger partial charge on any atom is 0.146 e. The van der Waals surface area contributed by atoms with Crippen LogP contribution in [0.1, 0.15) is 32.6 Å². The molecule has 1 unspecified atom stereocenters. The average molecular weight is 197 g/mol. The summed E-state index contributed by atoms with van der Waals surface area (Å²) in [5.41, 5.74) is 0. The number of aliphatic hydroxyl groups excluding tert-OH is 1. The minimum Gasteiger partial charge on any atom is -0.394 e. The van der Waals surface area contributed by atoms with Crippen molar-refractivity contribution in [2.45, 2.75) is 38.7 Å². The van der Waals surface area contributed by atoms with Crippen LogP contribution in [-0.4, -0.2) is 24.4 Å². The SMILES string of the molecule is CC1CCC(C(C#N)OCCO)CC1. The molecule has 0 spiro atoms. The smallest absolute Gasteiger partial charge is 0.146 e. The number of nitrogens with zero attached hydrogens (tertiary/aromatic N) is 1. The number of hydrogen-bond acceptors (Lipinski definition) is 3. The number of aliphatic hydroxyl groups is 1. The average Bonchev–Trinajstić information content (AvgIpc) is 2.21. The van der Waals surface area contributed by atoms with Crippen molar-refractivity contribution in [2.75, 3.05) is 13.2 Å². The number of ether oxygens (including phenoxy) is 1. The molecule has 3 nitrogen and oxygen atoms in total. The van der Waals surface area contributed by atoms with Crippen molar-refractivity contribution >= 4 is 0 Å². The van der Waals surface area contributed by atoms with Gasteiger partial charge in [0.25, 0.3) is 0 Å². The van der Waals surface area contributed by atoms with Gasteiger partial charge in [0.1, 0.15) is 6.10 Å². The normalized spacial score (nSPS) is 29.5. The van der Waals surface area contributed by atoms with Crippen molar-refractivity contribution in [1.82, 2.24) is 0 Å². The van der Waals surface area contributed by atoms with Crippen LogP contribution in [-0.2, 0) is 4.74 Å². The first-order chi connectivity index (χ1) is 6.77. The number of hydrogen-bond donors (Lipinski definition) is 1. The fourth-order valence-corrected chi connectivity index (χ4v) is 2.05. The summed E-state index contributed by atoms with van der Waals surface area (Å²) in [7, 11) is 0. The molecule has 1 atom stereocenters. The maximum absolute atomic E-state index is 8.91. The van der Waals surface area contributed by atoms with E-state index in [0.29, 0.717) is 5.92 Å². The van der Waals surface area contributed by atoms with E-state index < -0.39 is 0 Å². The Balaban J connectivity index is 2.34. The van der Waals surface area contributed by atoms with E-state index in [1.54, 1.807) is 0 Å². The molecule has 0 aromatic rings. The summed E-state index contributed by atoms with van der Waals surface area (Å²) in [6, 6.07) is 2.19. The van der Waals surface area contributed by atoms with Gasteiger partial charge in [-0.15, -0.1) is 0 Å². The molecule has 1 saturated carbocycles. The molecule has 1 rings (SSSR count). The highest BCUT2D eigenvalue weighted by atomic mass is 16.5. The third-order valence-corrected chi connectivity index (χ3v) is 3.00. The van der Waals surface area contributed by atoms with Gasteiger partial charge in [-0.1, -0.05) is 19.8 Å². The molecule has 1 aliphatic carbocycles. The third-order valence-electron chi connectivity index (χ3n) is 3.00.